The van der Waals surface area contributed by atoms with Gasteiger partial charge in [-0.1, -0.05) is 29.8 Å². The summed E-state index contributed by atoms with van der Waals surface area (Å²) in [7, 11) is -3.42. The van der Waals surface area contributed by atoms with Gasteiger partial charge in [0.2, 0.25) is 5.90 Å². The molecular formula is C27H29ClN3O5P. The average molecular weight is 542 g/mol. The van der Waals surface area contributed by atoms with Crippen molar-refractivity contribution in [1.29, 1.82) is 0 Å². The molecule has 1 aromatic heterocycles. The fourth-order valence-electron chi connectivity index (χ4n) is 4.35. The van der Waals surface area contributed by atoms with E-state index in [4.69, 9.17) is 35.1 Å². The number of morpholine rings is 1. The van der Waals surface area contributed by atoms with Gasteiger partial charge in [-0.25, -0.2) is 9.98 Å². The third-order valence-corrected chi connectivity index (χ3v) is 8.48. The fraction of sp³-hybridized carbons (Fsp3) is 0.333. The number of pyridine rings is 1. The largest absolute Gasteiger partial charge is 0.443 e. The van der Waals surface area contributed by atoms with Gasteiger partial charge in [-0.05, 0) is 50.2 Å². The Bertz CT molecular complexity index is 1330. The molecule has 0 atom stereocenters. The van der Waals surface area contributed by atoms with Crippen LogP contribution in [-0.4, -0.2) is 50.4 Å². The fourth-order valence-corrected chi connectivity index (χ4v) is 6.22. The number of hydrogen-bond donors (Lipinski definition) is 0. The molecule has 0 bridgehead atoms. The molecular weight excluding hydrogens is 513 g/mol. The van der Waals surface area contributed by atoms with Gasteiger partial charge in [0.1, 0.15) is 5.75 Å². The van der Waals surface area contributed by atoms with Crippen LogP contribution in [0.3, 0.4) is 0 Å². The van der Waals surface area contributed by atoms with Gasteiger partial charge in [0.05, 0.1) is 60.3 Å². The van der Waals surface area contributed by atoms with Crippen molar-refractivity contribution in [2.45, 2.75) is 20.3 Å². The molecule has 0 N–H and O–H groups in total. The Labute approximate surface area is 221 Å². The lowest BCUT2D eigenvalue weighted by molar-refractivity contribution is 0.122. The second kappa shape index (κ2) is 11.3. The molecule has 0 unspecified atom stereocenters. The number of nitrogens with zero attached hydrogens (tertiary/aromatic N) is 3. The number of aliphatic imine (C=N–C) groups is 1. The Kier molecular flexibility index (Phi) is 7.93. The number of ether oxygens (including phenoxy) is 2. The maximum absolute atomic E-state index is 13.1. The van der Waals surface area contributed by atoms with Crippen LogP contribution in [0.1, 0.15) is 19.5 Å². The molecule has 3 heterocycles. The first-order valence-electron chi connectivity index (χ1n) is 12.4. The molecule has 2 aliphatic heterocycles. The standard InChI is InChI=1S/C27H29ClN3O5P/c1-3-34-37(32,35-4-2)22-7-5-6-21(16-22)36-26-18-25-24(29-26)17-23(28)27(30-25)19-8-10-20(11-9-19)31-12-14-33-15-13-31/h5-11,16-17H,3-4,12-15,18H2,1-2H3. The summed E-state index contributed by atoms with van der Waals surface area (Å²) in [6.45, 7) is 7.36. The van der Waals surface area contributed by atoms with Gasteiger partial charge in [-0.2, -0.15) is 0 Å². The molecule has 10 heteroatoms. The van der Waals surface area contributed by atoms with Crippen molar-refractivity contribution in [3.05, 3.63) is 65.3 Å². The summed E-state index contributed by atoms with van der Waals surface area (Å²) in [6.07, 6.45) is 0.421. The number of benzene rings is 2. The zero-order valence-corrected chi connectivity index (χ0v) is 22.5. The van der Waals surface area contributed by atoms with Crippen LogP contribution in [0.25, 0.3) is 11.3 Å². The predicted molar refractivity (Wildman–Crippen MR) is 146 cm³/mol. The molecule has 0 saturated carbocycles. The van der Waals surface area contributed by atoms with Crippen LogP contribution < -0.4 is 14.9 Å². The van der Waals surface area contributed by atoms with Crippen LogP contribution in [0.4, 0.5) is 11.4 Å². The number of halogens is 1. The van der Waals surface area contributed by atoms with Gasteiger partial charge >= 0.3 is 7.60 Å². The Morgan fingerprint density at radius 1 is 1.03 bits per heavy atom. The van der Waals surface area contributed by atoms with Crippen LogP contribution in [0, 0.1) is 0 Å². The lowest BCUT2D eigenvalue weighted by atomic mass is 10.1. The number of anilines is 1. The summed E-state index contributed by atoms with van der Waals surface area (Å²) in [4.78, 5) is 11.7. The summed E-state index contributed by atoms with van der Waals surface area (Å²) in [5, 5.41) is 0.966. The first kappa shape index (κ1) is 25.9. The number of aromatic nitrogens is 1. The lowest BCUT2D eigenvalue weighted by Gasteiger charge is -2.28. The van der Waals surface area contributed by atoms with Gasteiger partial charge in [0, 0.05) is 24.3 Å². The van der Waals surface area contributed by atoms with Crippen LogP contribution in [0.5, 0.6) is 5.75 Å². The van der Waals surface area contributed by atoms with E-state index in [0.29, 0.717) is 39.8 Å². The van der Waals surface area contributed by atoms with Crippen molar-refractivity contribution < 1.29 is 23.1 Å². The maximum atomic E-state index is 13.1. The van der Waals surface area contributed by atoms with E-state index in [1.54, 1.807) is 38.1 Å². The monoisotopic (exact) mass is 541 g/mol. The molecule has 2 aromatic carbocycles. The van der Waals surface area contributed by atoms with E-state index in [2.05, 4.69) is 22.0 Å². The quantitative estimate of drug-likeness (QED) is 0.334. The zero-order valence-electron chi connectivity index (χ0n) is 20.9. The molecule has 5 rings (SSSR count). The third-order valence-electron chi connectivity index (χ3n) is 6.08. The van der Waals surface area contributed by atoms with E-state index in [9.17, 15) is 4.57 Å². The number of fused-ring (bicyclic) bond motifs is 1. The van der Waals surface area contributed by atoms with Gasteiger partial charge in [-0.15, -0.1) is 0 Å². The minimum atomic E-state index is -3.42. The molecule has 0 radical (unpaired) electrons. The summed E-state index contributed by atoms with van der Waals surface area (Å²) >= 11 is 6.61. The zero-order chi connectivity index (χ0) is 25.8. The first-order chi connectivity index (χ1) is 18.0. The molecule has 0 spiro atoms. The highest BCUT2D eigenvalue weighted by Gasteiger charge is 2.28. The van der Waals surface area contributed by atoms with Crippen molar-refractivity contribution in [3.8, 4) is 17.0 Å². The molecule has 0 aliphatic carbocycles. The van der Waals surface area contributed by atoms with E-state index in [1.165, 1.54) is 0 Å². The van der Waals surface area contributed by atoms with Crippen molar-refractivity contribution in [2.75, 3.05) is 44.4 Å². The molecule has 37 heavy (non-hydrogen) atoms. The van der Waals surface area contributed by atoms with E-state index in [-0.39, 0.29) is 13.2 Å². The van der Waals surface area contributed by atoms with Gasteiger partial charge in [0.15, 0.2) is 0 Å². The smallest absolute Gasteiger partial charge is 0.361 e. The highest BCUT2D eigenvalue weighted by molar-refractivity contribution is 7.62. The molecule has 0 amide bonds. The van der Waals surface area contributed by atoms with Crippen molar-refractivity contribution in [1.82, 2.24) is 4.98 Å². The van der Waals surface area contributed by atoms with Crippen LogP contribution in [0.2, 0.25) is 5.02 Å². The second-order valence-corrected chi connectivity index (χ2v) is 11.0. The van der Waals surface area contributed by atoms with Crippen LogP contribution in [-0.2, 0) is 24.8 Å². The predicted octanol–water partition coefficient (Wildman–Crippen LogP) is 5.80. The van der Waals surface area contributed by atoms with Gasteiger partial charge in [-0.3, -0.25) is 4.57 Å². The van der Waals surface area contributed by atoms with Crippen molar-refractivity contribution in [3.63, 3.8) is 0 Å². The Hall–Kier alpha value is -2.74. The summed E-state index contributed by atoms with van der Waals surface area (Å²) in [5.41, 5.74) is 4.27. The maximum Gasteiger partial charge on any atom is 0.361 e. The highest BCUT2D eigenvalue weighted by atomic mass is 35.5. The van der Waals surface area contributed by atoms with Gasteiger partial charge in [0.25, 0.3) is 0 Å². The summed E-state index contributed by atoms with van der Waals surface area (Å²) < 4.78 is 35.5. The number of rotatable bonds is 8. The Balaban J connectivity index is 1.32. The molecule has 2 aliphatic rings. The molecule has 1 fully saturated rings. The third kappa shape index (κ3) is 5.74. The summed E-state index contributed by atoms with van der Waals surface area (Å²) in [5.74, 6) is 0.979. The first-order valence-corrected chi connectivity index (χ1v) is 14.3. The minimum Gasteiger partial charge on any atom is -0.443 e. The van der Waals surface area contributed by atoms with Crippen molar-refractivity contribution >= 4 is 41.8 Å². The van der Waals surface area contributed by atoms with Gasteiger partial charge < -0.3 is 23.4 Å². The lowest BCUT2D eigenvalue weighted by Crippen LogP contribution is -2.36. The topological polar surface area (TPSA) is 82.5 Å². The highest BCUT2D eigenvalue weighted by Crippen LogP contribution is 2.47. The van der Waals surface area contributed by atoms with Crippen molar-refractivity contribution in [2.24, 2.45) is 4.99 Å². The Morgan fingerprint density at radius 3 is 2.46 bits per heavy atom. The van der Waals surface area contributed by atoms with E-state index in [1.807, 2.05) is 18.2 Å². The molecule has 3 aromatic rings. The van der Waals surface area contributed by atoms with E-state index < -0.39 is 7.60 Å². The Morgan fingerprint density at radius 2 is 1.76 bits per heavy atom. The molecule has 1 saturated heterocycles. The minimum absolute atomic E-state index is 0.273. The normalized spacial score (nSPS) is 15.4. The number of hydrogen-bond acceptors (Lipinski definition) is 8. The van der Waals surface area contributed by atoms with Crippen LogP contribution in [0.15, 0.2) is 59.6 Å². The molecule has 194 valence electrons. The van der Waals surface area contributed by atoms with E-state index in [0.717, 1.165) is 43.2 Å². The second-order valence-electron chi connectivity index (χ2n) is 8.55. The van der Waals surface area contributed by atoms with Crippen LogP contribution >= 0.6 is 19.2 Å². The SMILES string of the molecule is CCOP(=O)(OCC)c1cccc(OC2=Nc3cc(Cl)c(-c4ccc(N5CCOCC5)cc4)nc3C2)c1. The van der Waals surface area contributed by atoms with E-state index >= 15 is 0 Å². The summed E-state index contributed by atoms with van der Waals surface area (Å²) in [6, 6.07) is 17.0. The molecule has 8 nitrogen and oxygen atoms in total. The average Bonchev–Trinajstić information content (AvgIpc) is 3.30.